The number of nitrogens with one attached hydrogen (secondary N) is 2. The molecule has 0 saturated carbocycles. The molecule has 0 spiro atoms. The zero-order valence-electron chi connectivity index (χ0n) is 14.2. The van der Waals surface area contributed by atoms with Gasteiger partial charge in [0.2, 0.25) is 5.91 Å². The molecular formula is C17H22N2O6. The van der Waals surface area contributed by atoms with Gasteiger partial charge < -0.3 is 25.2 Å². The Morgan fingerprint density at radius 2 is 1.92 bits per heavy atom. The molecule has 1 aromatic rings. The molecule has 2 rings (SSSR count). The smallest absolute Gasteiger partial charge is 0.326 e. The first-order chi connectivity index (χ1) is 11.9. The van der Waals surface area contributed by atoms with E-state index >= 15 is 0 Å². The van der Waals surface area contributed by atoms with Crippen molar-refractivity contribution in [1.29, 1.82) is 0 Å². The predicted molar refractivity (Wildman–Crippen MR) is 88.8 cm³/mol. The molecule has 0 saturated heterocycles. The lowest BCUT2D eigenvalue weighted by Crippen LogP contribution is -2.46. The van der Waals surface area contributed by atoms with Crippen LogP contribution >= 0.6 is 0 Å². The van der Waals surface area contributed by atoms with E-state index in [1.54, 1.807) is 18.2 Å². The maximum atomic E-state index is 12.3. The molecule has 0 bridgehead atoms. The van der Waals surface area contributed by atoms with Crippen LogP contribution in [0.5, 0.6) is 11.5 Å². The van der Waals surface area contributed by atoms with E-state index in [1.807, 2.05) is 13.8 Å². The van der Waals surface area contributed by atoms with Crippen molar-refractivity contribution in [3.05, 3.63) is 23.8 Å². The van der Waals surface area contributed by atoms with Gasteiger partial charge >= 0.3 is 5.97 Å². The van der Waals surface area contributed by atoms with Crippen LogP contribution in [0.2, 0.25) is 0 Å². The minimum Gasteiger partial charge on any atom is -0.486 e. The van der Waals surface area contributed by atoms with E-state index in [0.717, 1.165) is 0 Å². The Hall–Kier alpha value is -2.77. The van der Waals surface area contributed by atoms with Gasteiger partial charge in [0.05, 0.1) is 12.1 Å². The van der Waals surface area contributed by atoms with Crippen LogP contribution < -0.4 is 20.1 Å². The largest absolute Gasteiger partial charge is 0.486 e. The number of carbonyl (C=O) groups excluding carboxylic acids is 2. The van der Waals surface area contributed by atoms with E-state index in [-0.39, 0.29) is 18.0 Å². The first-order valence-electron chi connectivity index (χ1n) is 8.07. The number of hydrogen-bond donors (Lipinski definition) is 3. The third-order valence-electron chi connectivity index (χ3n) is 3.56. The molecule has 1 atom stereocenters. The number of fused-ring (bicyclic) bond motifs is 1. The van der Waals surface area contributed by atoms with Crippen molar-refractivity contribution in [2.24, 2.45) is 5.92 Å². The lowest BCUT2D eigenvalue weighted by molar-refractivity contribution is -0.142. The van der Waals surface area contributed by atoms with E-state index in [4.69, 9.17) is 14.6 Å². The summed E-state index contributed by atoms with van der Waals surface area (Å²) < 4.78 is 10.9. The Bertz CT molecular complexity index is 659. The summed E-state index contributed by atoms with van der Waals surface area (Å²) >= 11 is 0. The molecule has 8 nitrogen and oxygen atoms in total. The van der Waals surface area contributed by atoms with Crippen LogP contribution in [0.4, 0.5) is 0 Å². The fraction of sp³-hybridized carbons (Fsp3) is 0.471. The van der Waals surface area contributed by atoms with Crippen molar-refractivity contribution in [1.82, 2.24) is 10.6 Å². The van der Waals surface area contributed by atoms with Gasteiger partial charge in [-0.05, 0) is 24.5 Å². The molecule has 1 aliphatic heterocycles. The first-order valence-corrected chi connectivity index (χ1v) is 8.07. The number of carboxylic acid groups (broad SMARTS) is 1. The zero-order chi connectivity index (χ0) is 18.4. The van der Waals surface area contributed by atoms with Crippen LogP contribution in [0.25, 0.3) is 0 Å². The summed E-state index contributed by atoms with van der Waals surface area (Å²) in [6.45, 7) is 4.15. The number of para-hydroxylation sites is 1. The number of aliphatic carboxylic acids is 1. The molecule has 0 fully saturated rings. The number of ether oxygens (including phenoxy) is 2. The second kappa shape index (κ2) is 8.36. The van der Waals surface area contributed by atoms with Gasteiger partial charge in [-0.25, -0.2) is 4.79 Å². The molecule has 0 aliphatic carbocycles. The van der Waals surface area contributed by atoms with Crippen LogP contribution in [-0.2, 0) is 9.59 Å². The van der Waals surface area contributed by atoms with Crippen LogP contribution in [0.15, 0.2) is 18.2 Å². The highest BCUT2D eigenvalue weighted by atomic mass is 16.6. The minimum absolute atomic E-state index is 0.115. The lowest BCUT2D eigenvalue weighted by atomic mass is 10.0. The summed E-state index contributed by atoms with van der Waals surface area (Å²) in [5.74, 6) is -1.22. The maximum absolute atomic E-state index is 12.3. The van der Waals surface area contributed by atoms with Crippen LogP contribution in [0.1, 0.15) is 30.6 Å². The summed E-state index contributed by atoms with van der Waals surface area (Å²) in [5, 5.41) is 14.0. The first kappa shape index (κ1) is 18.6. The Balaban J connectivity index is 1.93. The van der Waals surface area contributed by atoms with Crippen molar-refractivity contribution in [3.8, 4) is 11.5 Å². The quantitative estimate of drug-likeness (QED) is 0.670. The standard InChI is InChI=1S/C17H22N2O6/c1-10(2)8-12(17(22)23)19-14(20)9-18-16(21)11-4-3-5-13-15(11)25-7-6-24-13/h3-5,10,12H,6-9H2,1-2H3,(H,18,21)(H,19,20)(H,22,23)/t12-/m0/s1. The highest BCUT2D eigenvalue weighted by Crippen LogP contribution is 2.33. The zero-order valence-corrected chi connectivity index (χ0v) is 14.2. The Kier molecular flexibility index (Phi) is 6.21. The van der Waals surface area contributed by atoms with E-state index in [9.17, 15) is 14.4 Å². The Morgan fingerprint density at radius 3 is 2.60 bits per heavy atom. The highest BCUT2D eigenvalue weighted by molar-refractivity contribution is 5.99. The van der Waals surface area contributed by atoms with E-state index in [1.165, 1.54) is 0 Å². The van der Waals surface area contributed by atoms with Crippen molar-refractivity contribution >= 4 is 17.8 Å². The van der Waals surface area contributed by atoms with Gasteiger partial charge in [-0.2, -0.15) is 0 Å². The van der Waals surface area contributed by atoms with Gasteiger partial charge in [0, 0.05) is 0 Å². The number of benzene rings is 1. The van der Waals surface area contributed by atoms with Gasteiger partial charge in [-0.3, -0.25) is 9.59 Å². The molecule has 3 N–H and O–H groups in total. The van der Waals surface area contributed by atoms with E-state index in [2.05, 4.69) is 10.6 Å². The number of carboxylic acids is 1. The fourth-order valence-corrected chi connectivity index (χ4v) is 2.45. The van der Waals surface area contributed by atoms with Crippen molar-refractivity contribution < 1.29 is 29.0 Å². The predicted octanol–water partition coefficient (Wildman–Crippen LogP) is 0.803. The van der Waals surface area contributed by atoms with Gasteiger partial charge in [0.1, 0.15) is 19.3 Å². The minimum atomic E-state index is -1.10. The second-order valence-corrected chi connectivity index (χ2v) is 6.10. The SMILES string of the molecule is CC(C)C[C@H](NC(=O)CNC(=O)c1cccc2c1OCCO2)C(=O)O. The monoisotopic (exact) mass is 350 g/mol. The molecule has 1 heterocycles. The molecule has 1 aromatic carbocycles. The normalized spacial score (nSPS) is 13.9. The third kappa shape index (κ3) is 5.10. The molecule has 8 heteroatoms. The molecule has 25 heavy (non-hydrogen) atoms. The summed E-state index contributed by atoms with van der Waals surface area (Å²) in [7, 11) is 0. The maximum Gasteiger partial charge on any atom is 0.326 e. The van der Waals surface area contributed by atoms with Gasteiger partial charge in [-0.15, -0.1) is 0 Å². The average Bonchev–Trinajstić information content (AvgIpc) is 2.58. The second-order valence-electron chi connectivity index (χ2n) is 6.10. The number of carbonyl (C=O) groups is 3. The highest BCUT2D eigenvalue weighted by Gasteiger charge is 2.23. The van der Waals surface area contributed by atoms with Gasteiger partial charge in [0.25, 0.3) is 5.91 Å². The molecule has 0 aromatic heterocycles. The number of rotatable bonds is 7. The number of amides is 2. The van der Waals surface area contributed by atoms with Crippen molar-refractivity contribution in [3.63, 3.8) is 0 Å². The van der Waals surface area contributed by atoms with Crippen LogP contribution in [0, 0.1) is 5.92 Å². The van der Waals surface area contributed by atoms with Crippen LogP contribution in [-0.4, -0.2) is 48.7 Å². The molecule has 0 radical (unpaired) electrons. The third-order valence-corrected chi connectivity index (χ3v) is 3.56. The molecule has 136 valence electrons. The summed E-state index contributed by atoms with van der Waals surface area (Å²) in [4.78, 5) is 35.4. The topological polar surface area (TPSA) is 114 Å². The molecule has 2 amide bonds. The van der Waals surface area contributed by atoms with Crippen molar-refractivity contribution in [2.45, 2.75) is 26.3 Å². The Morgan fingerprint density at radius 1 is 1.20 bits per heavy atom. The van der Waals surface area contributed by atoms with Gasteiger partial charge in [0.15, 0.2) is 11.5 Å². The summed E-state index contributed by atoms with van der Waals surface area (Å²) in [5.41, 5.74) is 0.266. The van der Waals surface area contributed by atoms with E-state index in [0.29, 0.717) is 31.1 Å². The van der Waals surface area contributed by atoms with E-state index < -0.39 is 23.8 Å². The summed E-state index contributed by atoms with van der Waals surface area (Å²) in [6, 6.07) is 3.94. The fourth-order valence-electron chi connectivity index (χ4n) is 2.45. The van der Waals surface area contributed by atoms with Crippen molar-refractivity contribution in [2.75, 3.05) is 19.8 Å². The molecule has 0 unspecified atom stereocenters. The summed E-state index contributed by atoms with van der Waals surface area (Å²) in [6.07, 6.45) is 0.312. The van der Waals surface area contributed by atoms with Crippen LogP contribution in [0.3, 0.4) is 0 Å². The molecule has 1 aliphatic rings. The average molecular weight is 350 g/mol. The Labute approximate surface area is 145 Å². The lowest BCUT2D eigenvalue weighted by Gasteiger charge is -2.20. The number of hydrogen-bond acceptors (Lipinski definition) is 5. The molecular weight excluding hydrogens is 328 g/mol. The van der Waals surface area contributed by atoms with Gasteiger partial charge in [-0.1, -0.05) is 19.9 Å².